The molecular weight excluding hydrogens is 234 g/mol. The van der Waals surface area contributed by atoms with Gasteiger partial charge in [0.1, 0.15) is 0 Å². The van der Waals surface area contributed by atoms with E-state index in [0.29, 0.717) is 22.0 Å². The van der Waals surface area contributed by atoms with Gasteiger partial charge in [0.15, 0.2) is 0 Å². The minimum Gasteiger partial charge on any atom is -0.313 e. The molecule has 0 saturated carbocycles. The molecule has 2 unspecified atom stereocenters. The van der Waals surface area contributed by atoms with Gasteiger partial charge in [-0.15, -0.1) is 0 Å². The topological polar surface area (TPSA) is 54.9 Å². The van der Waals surface area contributed by atoms with Crippen molar-refractivity contribution in [3.8, 4) is 0 Å². The van der Waals surface area contributed by atoms with Crippen molar-refractivity contribution in [3.63, 3.8) is 0 Å². The van der Waals surface area contributed by atoms with Gasteiger partial charge in [0.05, 0.1) is 28.2 Å². The van der Waals surface area contributed by atoms with E-state index in [4.69, 9.17) is 11.6 Å². The number of halogens is 1. The Labute approximate surface area is 95.9 Å². The van der Waals surface area contributed by atoms with Crippen molar-refractivity contribution in [1.29, 1.82) is 0 Å². The molecule has 82 valence electrons. The number of nitrogens with one attached hydrogen (secondary N) is 1. The van der Waals surface area contributed by atoms with Crippen LogP contribution < -0.4 is 5.32 Å². The lowest BCUT2D eigenvalue weighted by molar-refractivity contribution is 0.638. The molecule has 2 rings (SSSR count). The molecule has 1 aliphatic heterocycles. The molecule has 0 amide bonds. The van der Waals surface area contributed by atoms with Crippen LogP contribution >= 0.6 is 11.6 Å². The minimum absolute atomic E-state index is 0.338. The van der Waals surface area contributed by atoms with Crippen LogP contribution in [-0.2, 0) is 10.8 Å². The van der Waals surface area contributed by atoms with Crippen LogP contribution in [0.25, 0.3) is 0 Å². The van der Waals surface area contributed by atoms with Crippen LogP contribution in [0.4, 0.5) is 0 Å². The first-order valence-corrected chi connectivity index (χ1v) is 6.55. The standard InChI is InChI=1S/C9H12ClN3OS/c10-7-4-12-9(13-5-7)15(14)6-8-2-1-3-11-8/h4-5,8,11H,1-3,6H2. The van der Waals surface area contributed by atoms with E-state index in [0.717, 1.165) is 19.4 Å². The van der Waals surface area contributed by atoms with Gasteiger partial charge in [0.25, 0.3) is 0 Å². The number of hydrogen-bond donors (Lipinski definition) is 1. The highest BCUT2D eigenvalue weighted by atomic mass is 35.5. The van der Waals surface area contributed by atoms with Gasteiger partial charge >= 0.3 is 0 Å². The molecule has 0 spiro atoms. The van der Waals surface area contributed by atoms with Crippen LogP contribution in [0.3, 0.4) is 0 Å². The summed E-state index contributed by atoms with van der Waals surface area (Å²) in [6.45, 7) is 1.02. The van der Waals surface area contributed by atoms with Gasteiger partial charge in [-0.25, -0.2) is 9.97 Å². The molecule has 1 aromatic rings. The lowest BCUT2D eigenvalue weighted by Gasteiger charge is -2.08. The lowest BCUT2D eigenvalue weighted by atomic mass is 10.3. The summed E-state index contributed by atoms with van der Waals surface area (Å²) in [5.41, 5.74) is 0. The molecular formula is C9H12ClN3OS. The maximum atomic E-state index is 11.8. The molecule has 15 heavy (non-hydrogen) atoms. The lowest BCUT2D eigenvalue weighted by Crippen LogP contribution is -2.28. The number of aromatic nitrogens is 2. The molecule has 6 heteroatoms. The molecule has 4 nitrogen and oxygen atoms in total. The fourth-order valence-corrected chi connectivity index (χ4v) is 2.81. The predicted molar refractivity (Wildman–Crippen MR) is 59.3 cm³/mol. The molecule has 0 aliphatic carbocycles. The van der Waals surface area contributed by atoms with Crippen molar-refractivity contribution in [2.45, 2.75) is 24.0 Å². The molecule has 0 aromatic carbocycles. The first-order chi connectivity index (χ1) is 7.25. The fourth-order valence-electron chi connectivity index (χ4n) is 1.57. The Morgan fingerprint density at radius 3 is 2.87 bits per heavy atom. The maximum Gasteiger partial charge on any atom is 0.218 e. The third kappa shape index (κ3) is 2.96. The number of rotatable bonds is 3. The summed E-state index contributed by atoms with van der Waals surface area (Å²) in [4.78, 5) is 7.90. The predicted octanol–water partition coefficient (Wildman–Crippen LogP) is 0.990. The summed E-state index contributed by atoms with van der Waals surface area (Å²) in [5.74, 6) is 0.585. The molecule has 1 aliphatic rings. The van der Waals surface area contributed by atoms with Crippen molar-refractivity contribution >= 4 is 22.4 Å². The highest BCUT2D eigenvalue weighted by molar-refractivity contribution is 7.84. The Morgan fingerprint density at radius 2 is 2.27 bits per heavy atom. The van der Waals surface area contributed by atoms with Crippen molar-refractivity contribution in [1.82, 2.24) is 15.3 Å². The first kappa shape index (κ1) is 11.0. The fraction of sp³-hybridized carbons (Fsp3) is 0.556. The van der Waals surface area contributed by atoms with E-state index < -0.39 is 10.8 Å². The van der Waals surface area contributed by atoms with Gasteiger partial charge in [-0.2, -0.15) is 0 Å². The minimum atomic E-state index is -1.12. The zero-order chi connectivity index (χ0) is 10.7. The van der Waals surface area contributed by atoms with Crippen LogP contribution in [0.1, 0.15) is 12.8 Å². The molecule has 2 heterocycles. The Balaban J connectivity index is 1.98. The highest BCUT2D eigenvalue weighted by Crippen LogP contribution is 2.10. The van der Waals surface area contributed by atoms with Crippen molar-refractivity contribution in [3.05, 3.63) is 17.4 Å². The summed E-state index contributed by atoms with van der Waals surface area (Å²) in [7, 11) is -1.12. The Morgan fingerprint density at radius 1 is 1.53 bits per heavy atom. The molecule has 1 fully saturated rings. The van der Waals surface area contributed by atoms with Gasteiger partial charge < -0.3 is 5.32 Å². The number of hydrogen-bond acceptors (Lipinski definition) is 4. The average molecular weight is 246 g/mol. The van der Waals surface area contributed by atoms with Crippen LogP contribution in [0.2, 0.25) is 5.02 Å². The maximum absolute atomic E-state index is 11.8. The average Bonchev–Trinajstić information content (AvgIpc) is 2.71. The van der Waals surface area contributed by atoms with Crippen LogP contribution in [0, 0.1) is 0 Å². The van der Waals surface area contributed by atoms with Gasteiger partial charge in [-0.3, -0.25) is 4.21 Å². The van der Waals surface area contributed by atoms with Gasteiger partial charge in [-0.1, -0.05) is 11.6 Å². The molecule has 0 bridgehead atoms. The second-order valence-electron chi connectivity index (χ2n) is 3.49. The highest BCUT2D eigenvalue weighted by Gasteiger charge is 2.18. The largest absolute Gasteiger partial charge is 0.313 e. The van der Waals surface area contributed by atoms with Crippen LogP contribution in [0.15, 0.2) is 17.6 Å². The summed E-state index contributed by atoms with van der Waals surface area (Å²) in [6.07, 6.45) is 5.19. The Kier molecular flexibility index (Phi) is 3.66. The van der Waals surface area contributed by atoms with Gasteiger partial charge in [0, 0.05) is 11.8 Å². The summed E-state index contributed by atoms with van der Waals surface area (Å²) < 4.78 is 11.8. The van der Waals surface area contributed by atoms with E-state index >= 15 is 0 Å². The SMILES string of the molecule is O=S(CC1CCCN1)c1ncc(Cl)cn1. The van der Waals surface area contributed by atoms with E-state index in [1.165, 1.54) is 12.4 Å². The molecule has 1 saturated heterocycles. The Hall–Kier alpha value is -0.520. The zero-order valence-corrected chi connectivity index (χ0v) is 9.72. The van der Waals surface area contributed by atoms with E-state index in [-0.39, 0.29) is 0 Å². The summed E-state index contributed by atoms with van der Waals surface area (Å²) in [5, 5.41) is 4.13. The molecule has 1 N–H and O–H groups in total. The van der Waals surface area contributed by atoms with Crippen LogP contribution in [0.5, 0.6) is 0 Å². The quantitative estimate of drug-likeness (QED) is 0.807. The van der Waals surface area contributed by atoms with Crippen molar-refractivity contribution in [2.24, 2.45) is 0 Å². The van der Waals surface area contributed by atoms with Crippen molar-refractivity contribution in [2.75, 3.05) is 12.3 Å². The van der Waals surface area contributed by atoms with E-state index in [1.54, 1.807) is 0 Å². The molecule has 0 radical (unpaired) electrons. The summed E-state index contributed by atoms with van der Waals surface area (Å²) in [6, 6.07) is 0.338. The van der Waals surface area contributed by atoms with Crippen molar-refractivity contribution < 1.29 is 4.21 Å². The molecule has 2 atom stereocenters. The first-order valence-electron chi connectivity index (χ1n) is 4.85. The Bertz CT molecular complexity index is 351. The third-order valence-corrected chi connectivity index (χ3v) is 3.83. The van der Waals surface area contributed by atoms with E-state index in [9.17, 15) is 4.21 Å². The smallest absolute Gasteiger partial charge is 0.218 e. The zero-order valence-electron chi connectivity index (χ0n) is 8.15. The summed E-state index contributed by atoms with van der Waals surface area (Å²) >= 11 is 5.65. The second-order valence-corrected chi connectivity index (χ2v) is 5.32. The molecule has 1 aromatic heterocycles. The van der Waals surface area contributed by atoms with Gasteiger partial charge in [0.2, 0.25) is 5.16 Å². The number of nitrogens with zero attached hydrogens (tertiary/aromatic N) is 2. The normalized spacial score (nSPS) is 22.9. The van der Waals surface area contributed by atoms with Crippen LogP contribution in [-0.4, -0.2) is 32.5 Å². The second kappa shape index (κ2) is 5.01. The van der Waals surface area contributed by atoms with E-state index in [1.807, 2.05) is 0 Å². The van der Waals surface area contributed by atoms with E-state index in [2.05, 4.69) is 15.3 Å². The van der Waals surface area contributed by atoms with Gasteiger partial charge in [-0.05, 0) is 19.4 Å². The monoisotopic (exact) mass is 245 g/mol. The third-order valence-electron chi connectivity index (χ3n) is 2.32.